The van der Waals surface area contributed by atoms with E-state index in [9.17, 15) is 0 Å². The second kappa shape index (κ2) is 12.0. The van der Waals surface area contributed by atoms with Gasteiger partial charge in [0, 0.05) is 26.2 Å². The average molecular weight is 470 g/mol. The van der Waals surface area contributed by atoms with Gasteiger partial charge >= 0.3 is 0 Å². The van der Waals surface area contributed by atoms with Gasteiger partial charge in [-0.3, -0.25) is 9.89 Å². The fraction of sp³-hybridized carbons (Fsp3) is 0.450. The van der Waals surface area contributed by atoms with Gasteiger partial charge in [-0.15, -0.1) is 24.0 Å². The van der Waals surface area contributed by atoms with Crippen LogP contribution in [-0.4, -0.2) is 31.0 Å². The Kier molecular flexibility index (Phi) is 10.3. The minimum absolute atomic E-state index is 0. The molecule has 0 saturated heterocycles. The minimum atomic E-state index is 0. The molecule has 0 fully saturated rings. The number of hydrogen-bond donors (Lipinski definition) is 2. The van der Waals surface area contributed by atoms with Crippen molar-refractivity contribution >= 4 is 29.9 Å². The van der Waals surface area contributed by atoms with E-state index in [1.165, 1.54) is 11.1 Å². The molecule has 2 N–H and O–H groups in total. The monoisotopic (exact) mass is 470 g/mol. The number of guanidine groups is 1. The van der Waals surface area contributed by atoms with Gasteiger partial charge in [0.2, 0.25) is 0 Å². The van der Waals surface area contributed by atoms with Crippen LogP contribution in [0, 0.1) is 0 Å². The SMILES string of the molecule is CCC(C)NC(=NC)NCc1ccccc1CN(C)Cc1ccco1.I. The van der Waals surface area contributed by atoms with Crippen molar-refractivity contribution in [1.29, 1.82) is 0 Å². The zero-order chi connectivity index (χ0) is 18.1. The summed E-state index contributed by atoms with van der Waals surface area (Å²) in [6, 6.07) is 12.9. The van der Waals surface area contributed by atoms with Crippen molar-refractivity contribution in [2.24, 2.45) is 4.99 Å². The quantitative estimate of drug-likeness (QED) is 0.348. The molecule has 1 aromatic carbocycles. The number of benzene rings is 1. The molecule has 0 aliphatic rings. The third-order valence-electron chi connectivity index (χ3n) is 4.23. The van der Waals surface area contributed by atoms with Crippen LogP contribution in [0.3, 0.4) is 0 Å². The fourth-order valence-corrected chi connectivity index (χ4v) is 2.61. The van der Waals surface area contributed by atoms with Crippen LogP contribution >= 0.6 is 24.0 Å². The number of rotatable bonds is 8. The smallest absolute Gasteiger partial charge is 0.191 e. The van der Waals surface area contributed by atoms with Crippen LogP contribution in [0.1, 0.15) is 37.2 Å². The van der Waals surface area contributed by atoms with Crippen molar-refractivity contribution < 1.29 is 4.42 Å². The highest BCUT2D eigenvalue weighted by molar-refractivity contribution is 14.0. The molecule has 6 heteroatoms. The maximum absolute atomic E-state index is 5.44. The number of furan rings is 1. The van der Waals surface area contributed by atoms with Gasteiger partial charge in [-0.25, -0.2) is 0 Å². The first-order valence-corrected chi connectivity index (χ1v) is 8.87. The summed E-state index contributed by atoms with van der Waals surface area (Å²) < 4.78 is 5.44. The molecule has 1 heterocycles. The molecule has 2 aromatic rings. The Balaban J connectivity index is 0.00000338. The standard InChI is InChI=1S/C20H30N4O.HI/c1-5-16(2)23-20(21-3)22-13-17-9-6-7-10-18(17)14-24(4)15-19-11-8-12-25-19;/h6-12,16H,5,13-15H2,1-4H3,(H2,21,22,23);1H. The Labute approximate surface area is 174 Å². The van der Waals surface area contributed by atoms with E-state index in [4.69, 9.17) is 4.42 Å². The molecule has 0 saturated carbocycles. The van der Waals surface area contributed by atoms with Crippen molar-refractivity contribution in [1.82, 2.24) is 15.5 Å². The summed E-state index contributed by atoms with van der Waals surface area (Å²) >= 11 is 0. The van der Waals surface area contributed by atoms with E-state index in [1.54, 1.807) is 13.3 Å². The van der Waals surface area contributed by atoms with E-state index < -0.39 is 0 Å². The zero-order valence-corrected chi connectivity index (χ0v) is 18.5. The first-order chi connectivity index (χ1) is 12.1. The predicted octanol–water partition coefficient (Wildman–Crippen LogP) is 3.99. The molecule has 1 aromatic heterocycles. The van der Waals surface area contributed by atoms with Gasteiger partial charge in [-0.2, -0.15) is 0 Å². The summed E-state index contributed by atoms with van der Waals surface area (Å²) in [5, 5.41) is 6.80. The van der Waals surface area contributed by atoms with Crippen LogP contribution in [0.25, 0.3) is 0 Å². The normalized spacial score (nSPS) is 12.6. The lowest BCUT2D eigenvalue weighted by Crippen LogP contribution is -2.41. The topological polar surface area (TPSA) is 52.8 Å². The second-order valence-corrected chi connectivity index (χ2v) is 6.40. The van der Waals surface area contributed by atoms with Gasteiger partial charge in [0.15, 0.2) is 5.96 Å². The lowest BCUT2D eigenvalue weighted by atomic mass is 10.1. The fourth-order valence-electron chi connectivity index (χ4n) is 2.61. The highest BCUT2D eigenvalue weighted by Crippen LogP contribution is 2.13. The molecule has 0 aliphatic heterocycles. The van der Waals surface area contributed by atoms with Crippen molar-refractivity contribution in [3.63, 3.8) is 0 Å². The first kappa shape index (κ1) is 22.5. The van der Waals surface area contributed by atoms with E-state index in [1.807, 2.05) is 12.1 Å². The van der Waals surface area contributed by atoms with Gasteiger partial charge < -0.3 is 15.1 Å². The Morgan fingerprint density at radius 1 is 1.15 bits per heavy atom. The molecule has 0 radical (unpaired) electrons. The lowest BCUT2D eigenvalue weighted by Gasteiger charge is -2.20. The molecule has 0 spiro atoms. The molecule has 26 heavy (non-hydrogen) atoms. The van der Waals surface area contributed by atoms with Crippen molar-refractivity contribution in [3.8, 4) is 0 Å². The maximum Gasteiger partial charge on any atom is 0.191 e. The molecule has 2 rings (SSSR count). The van der Waals surface area contributed by atoms with Crippen LogP contribution in [-0.2, 0) is 19.6 Å². The number of nitrogens with zero attached hydrogens (tertiary/aromatic N) is 2. The van der Waals surface area contributed by atoms with Crippen LogP contribution in [0.4, 0.5) is 0 Å². The molecule has 1 unspecified atom stereocenters. The average Bonchev–Trinajstić information content (AvgIpc) is 3.12. The summed E-state index contributed by atoms with van der Waals surface area (Å²) in [5.74, 6) is 1.82. The highest BCUT2D eigenvalue weighted by Gasteiger charge is 2.09. The molecule has 144 valence electrons. The van der Waals surface area contributed by atoms with E-state index in [-0.39, 0.29) is 24.0 Å². The summed E-state index contributed by atoms with van der Waals surface area (Å²) in [5.41, 5.74) is 2.59. The molecule has 0 aliphatic carbocycles. The number of halogens is 1. The molecule has 0 bridgehead atoms. The zero-order valence-electron chi connectivity index (χ0n) is 16.2. The van der Waals surface area contributed by atoms with Crippen molar-refractivity contribution in [2.45, 2.75) is 45.9 Å². The van der Waals surface area contributed by atoms with E-state index in [2.05, 4.69) is 65.7 Å². The summed E-state index contributed by atoms with van der Waals surface area (Å²) in [6.45, 7) is 6.74. The Hall–Kier alpha value is -1.54. The third-order valence-corrected chi connectivity index (χ3v) is 4.23. The molecule has 0 amide bonds. The Bertz CT molecular complexity index is 658. The largest absolute Gasteiger partial charge is 0.468 e. The minimum Gasteiger partial charge on any atom is -0.468 e. The predicted molar refractivity (Wildman–Crippen MR) is 119 cm³/mol. The van der Waals surface area contributed by atoms with Gasteiger partial charge in [0.1, 0.15) is 5.76 Å². The van der Waals surface area contributed by atoms with E-state index in [0.29, 0.717) is 6.04 Å². The van der Waals surface area contributed by atoms with Gasteiger partial charge in [-0.1, -0.05) is 31.2 Å². The Morgan fingerprint density at radius 3 is 2.50 bits per heavy atom. The molecule has 5 nitrogen and oxygen atoms in total. The summed E-state index contributed by atoms with van der Waals surface area (Å²) in [4.78, 5) is 6.56. The molecular weight excluding hydrogens is 439 g/mol. The van der Waals surface area contributed by atoms with Crippen LogP contribution in [0.2, 0.25) is 0 Å². The first-order valence-electron chi connectivity index (χ1n) is 8.87. The van der Waals surface area contributed by atoms with Gasteiger partial charge in [0.25, 0.3) is 0 Å². The van der Waals surface area contributed by atoms with Gasteiger partial charge in [0.05, 0.1) is 12.8 Å². The number of aliphatic imine (C=N–C) groups is 1. The second-order valence-electron chi connectivity index (χ2n) is 6.40. The number of nitrogens with one attached hydrogen (secondary N) is 2. The maximum atomic E-state index is 5.44. The number of hydrogen-bond acceptors (Lipinski definition) is 3. The van der Waals surface area contributed by atoms with Crippen molar-refractivity contribution in [3.05, 3.63) is 59.5 Å². The highest BCUT2D eigenvalue weighted by atomic mass is 127. The summed E-state index contributed by atoms with van der Waals surface area (Å²) in [6.07, 6.45) is 2.78. The third kappa shape index (κ3) is 7.37. The Morgan fingerprint density at radius 2 is 1.88 bits per heavy atom. The van der Waals surface area contributed by atoms with E-state index >= 15 is 0 Å². The van der Waals surface area contributed by atoms with Crippen LogP contribution in [0.15, 0.2) is 52.1 Å². The van der Waals surface area contributed by atoms with Crippen LogP contribution in [0.5, 0.6) is 0 Å². The molecule has 1 atom stereocenters. The van der Waals surface area contributed by atoms with E-state index in [0.717, 1.165) is 37.8 Å². The van der Waals surface area contributed by atoms with Crippen LogP contribution < -0.4 is 10.6 Å². The summed E-state index contributed by atoms with van der Waals surface area (Å²) in [7, 11) is 3.91. The van der Waals surface area contributed by atoms with Crippen molar-refractivity contribution in [2.75, 3.05) is 14.1 Å². The molecular formula is C20H31IN4O. The lowest BCUT2D eigenvalue weighted by molar-refractivity contribution is 0.287. The van der Waals surface area contributed by atoms with Gasteiger partial charge in [-0.05, 0) is 43.7 Å².